The van der Waals surface area contributed by atoms with Gasteiger partial charge in [-0.2, -0.15) is 8.42 Å². The summed E-state index contributed by atoms with van der Waals surface area (Å²) in [6.07, 6.45) is -1.41. The number of rotatable bonds is 8. The van der Waals surface area contributed by atoms with Gasteiger partial charge in [-0.25, -0.2) is 9.37 Å². The van der Waals surface area contributed by atoms with Gasteiger partial charge in [-0.15, -0.1) is 11.3 Å². The first-order chi connectivity index (χ1) is 14.6. The van der Waals surface area contributed by atoms with Gasteiger partial charge in [-0.1, -0.05) is 41.4 Å². The molecule has 0 bridgehead atoms. The van der Waals surface area contributed by atoms with Crippen molar-refractivity contribution in [3.8, 4) is 5.75 Å². The topological polar surface area (TPSA) is 59.5 Å². The Bertz CT molecular complexity index is 1160. The second-order valence-corrected chi connectivity index (χ2v) is 10.7. The van der Waals surface area contributed by atoms with Crippen molar-refractivity contribution in [3.05, 3.63) is 69.2 Å². The molecule has 5 nitrogen and oxygen atoms in total. The lowest BCUT2D eigenvalue weighted by molar-refractivity contribution is 0.306. The molecule has 0 amide bonds. The summed E-state index contributed by atoms with van der Waals surface area (Å²) >= 11 is 7.30. The third kappa shape index (κ3) is 5.56. The van der Waals surface area contributed by atoms with Crippen LogP contribution in [0.4, 0.5) is 10.1 Å². The van der Waals surface area contributed by atoms with Crippen molar-refractivity contribution in [2.75, 3.05) is 10.8 Å². The van der Waals surface area contributed by atoms with Crippen LogP contribution in [0, 0.1) is 20.8 Å². The lowest BCUT2D eigenvalue weighted by Gasteiger charge is -2.26. The Hall–Kier alpha value is -2.16. The first-order valence-electron chi connectivity index (χ1n) is 9.65. The van der Waals surface area contributed by atoms with Crippen LogP contribution in [-0.4, -0.2) is 26.1 Å². The largest absolute Gasteiger partial charge is 0.487 e. The predicted octanol–water partition coefficient (Wildman–Crippen LogP) is 5.85. The highest BCUT2D eigenvalue weighted by Crippen LogP contribution is 2.38. The highest BCUT2D eigenvalue weighted by atomic mass is 35.5. The zero-order valence-electron chi connectivity index (χ0n) is 17.7. The quantitative estimate of drug-likeness (QED) is 0.404. The van der Waals surface area contributed by atoms with E-state index in [-0.39, 0.29) is 28.9 Å². The maximum atomic E-state index is 14.1. The SMILES string of the molecule is Cc1ccc(COc2cc(Cl)c(C)cc2N(C[C@H](C)F)S(=O)(=O)c2nc(C)cs2)cc1. The Balaban J connectivity index is 2.05. The zero-order chi connectivity index (χ0) is 22.8. The second kappa shape index (κ2) is 9.54. The first kappa shape index (κ1) is 23.5. The fraction of sp³-hybridized carbons (Fsp3) is 0.318. The standard InChI is InChI=1S/C22H24ClFN2O3S2/c1-14-5-7-18(8-6-14)12-29-21-10-19(23)15(2)9-20(21)26(11-16(3)24)31(27,28)22-25-17(4)13-30-22/h5-10,13,16H,11-12H2,1-4H3/t16-/m0/s1. The molecule has 0 saturated carbocycles. The Labute approximate surface area is 191 Å². The number of benzene rings is 2. The van der Waals surface area contributed by atoms with E-state index in [1.807, 2.05) is 31.2 Å². The average molecular weight is 483 g/mol. The molecule has 0 aliphatic carbocycles. The minimum atomic E-state index is -4.09. The number of ether oxygens (including phenoxy) is 1. The van der Waals surface area contributed by atoms with Crippen LogP contribution in [0.2, 0.25) is 5.02 Å². The summed E-state index contributed by atoms with van der Waals surface area (Å²) in [7, 11) is -4.09. The van der Waals surface area contributed by atoms with Crippen LogP contribution in [0.5, 0.6) is 5.75 Å². The molecule has 166 valence electrons. The van der Waals surface area contributed by atoms with E-state index in [4.69, 9.17) is 16.3 Å². The van der Waals surface area contributed by atoms with Gasteiger partial charge in [0.15, 0.2) is 0 Å². The minimum Gasteiger partial charge on any atom is -0.487 e. The number of aromatic nitrogens is 1. The third-order valence-electron chi connectivity index (χ3n) is 4.55. The summed E-state index contributed by atoms with van der Waals surface area (Å²) in [5, 5.41) is 2.07. The molecule has 9 heteroatoms. The molecular formula is C22H24ClFN2O3S2. The summed E-state index contributed by atoms with van der Waals surface area (Å²) in [5.74, 6) is 0.258. The number of sulfonamides is 1. The number of alkyl halides is 1. The Morgan fingerprint density at radius 1 is 1.19 bits per heavy atom. The van der Waals surface area contributed by atoms with Crippen LogP contribution >= 0.6 is 22.9 Å². The molecule has 3 aromatic rings. The van der Waals surface area contributed by atoms with Gasteiger partial charge < -0.3 is 4.74 Å². The van der Waals surface area contributed by atoms with Crippen molar-refractivity contribution >= 4 is 38.6 Å². The van der Waals surface area contributed by atoms with E-state index in [0.717, 1.165) is 26.8 Å². The van der Waals surface area contributed by atoms with Crippen LogP contribution in [0.15, 0.2) is 46.1 Å². The summed E-state index contributed by atoms with van der Waals surface area (Å²) < 4.78 is 47.7. The van der Waals surface area contributed by atoms with E-state index in [1.54, 1.807) is 31.4 Å². The number of anilines is 1. The molecule has 1 heterocycles. The molecule has 0 N–H and O–H groups in total. The maximum Gasteiger partial charge on any atom is 0.291 e. The lowest BCUT2D eigenvalue weighted by atomic mass is 10.1. The van der Waals surface area contributed by atoms with Crippen molar-refractivity contribution in [2.24, 2.45) is 0 Å². The van der Waals surface area contributed by atoms with E-state index < -0.39 is 16.2 Å². The molecule has 1 aromatic heterocycles. The molecule has 0 saturated heterocycles. The van der Waals surface area contributed by atoms with Crippen LogP contribution in [0.1, 0.15) is 29.3 Å². The fourth-order valence-corrected chi connectivity index (χ4v) is 5.73. The lowest BCUT2D eigenvalue weighted by Crippen LogP contribution is -2.36. The van der Waals surface area contributed by atoms with Crippen molar-refractivity contribution in [2.45, 2.75) is 44.8 Å². The Kier molecular flexibility index (Phi) is 7.24. The Morgan fingerprint density at radius 2 is 1.87 bits per heavy atom. The normalized spacial score (nSPS) is 12.6. The maximum absolute atomic E-state index is 14.1. The van der Waals surface area contributed by atoms with Crippen molar-refractivity contribution in [1.82, 2.24) is 4.98 Å². The number of halogens is 2. The van der Waals surface area contributed by atoms with Crippen LogP contribution in [0.25, 0.3) is 0 Å². The molecule has 0 fully saturated rings. The number of nitrogens with zero attached hydrogens (tertiary/aromatic N) is 2. The molecule has 3 rings (SSSR count). The monoisotopic (exact) mass is 482 g/mol. The molecule has 0 unspecified atom stereocenters. The zero-order valence-corrected chi connectivity index (χ0v) is 20.1. The Morgan fingerprint density at radius 3 is 2.45 bits per heavy atom. The van der Waals surface area contributed by atoms with Crippen molar-refractivity contribution in [1.29, 1.82) is 0 Å². The highest BCUT2D eigenvalue weighted by molar-refractivity contribution is 7.94. The minimum absolute atomic E-state index is 0.0947. The number of hydrogen-bond donors (Lipinski definition) is 0. The molecule has 1 atom stereocenters. The number of hydrogen-bond acceptors (Lipinski definition) is 5. The van der Waals surface area contributed by atoms with E-state index in [2.05, 4.69) is 4.98 Å². The second-order valence-electron chi connectivity index (χ2n) is 7.42. The summed E-state index contributed by atoms with van der Waals surface area (Å²) in [6, 6.07) is 11.0. The van der Waals surface area contributed by atoms with Gasteiger partial charge in [0, 0.05) is 22.2 Å². The summed E-state index contributed by atoms with van der Waals surface area (Å²) in [5.41, 5.74) is 3.50. The van der Waals surface area contributed by atoms with Crippen LogP contribution in [0.3, 0.4) is 0 Å². The van der Waals surface area contributed by atoms with Gasteiger partial charge >= 0.3 is 0 Å². The summed E-state index contributed by atoms with van der Waals surface area (Å²) in [6.45, 7) is 6.60. The molecule has 2 aromatic carbocycles. The van der Waals surface area contributed by atoms with Gasteiger partial charge in [-0.3, -0.25) is 4.31 Å². The van der Waals surface area contributed by atoms with Gasteiger partial charge in [0.1, 0.15) is 18.5 Å². The van der Waals surface area contributed by atoms with Crippen molar-refractivity contribution < 1.29 is 17.5 Å². The van der Waals surface area contributed by atoms with E-state index >= 15 is 0 Å². The molecule has 0 radical (unpaired) electrons. The number of aryl methyl sites for hydroxylation is 3. The van der Waals surface area contributed by atoms with Crippen LogP contribution < -0.4 is 9.04 Å². The molecule has 0 aliphatic rings. The van der Waals surface area contributed by atoms with E-state index in [0.29, 0.717) is 16.3 Å². The van der Waals surface area contributed by atoms with Gasteiger partial charge in [0.05, 0.1) is 12.2 Å². The smallest absolute Gasteiger partial charge is 0.291 e. The van der Waals surface area contributed by atoms with Crippen LogP contribution in [-0.2, 0) is 16.6 Å². The van der Waals surface area contributed by atoms with Gasteiger partial charge in [0.25, 0.3) is 10.0 Å². The summed E-state index contributed by atoms with van der Waals surface area (Å²) in [4.78, 5) is 4.11. The van der Waals surface area contributed by atoms with Crippen molar-refractivity contribution in [3.63, 3.8) is 0 Å². The predicted molar refractivity (Wildman–Crippen MR) is 124 cm³/mol. The highest BCUT2D eigenvalue weighted by Gasteiger charge is 2.32. The molecule has 0 spiro atoms. The van der Waals surface area contributed by atoms with E-state index in [9.17, 15) is 12.8 Å². The molecular weight excluding hydrogens is 459 g/mol. The first-order valence-corrected chi connectivity index (χ1v) is 12.3. The molecule has 31 heavy (non-hydrogen) atoms. The fourth-order valence-electron chi connectivity index (χ4n) is 2.90. The third-order valence-corrected chi connectivity index (χ3v) is 8.09. The van der Waals surface area contributed by atoms with Gasteiger partial charge in [-0.05, 0) is 44.9 Å². The molecule has 0 aliphatic heterocycles. The number of thiazole rings is 1. The van der Waals surface area contributed by atoms with E-state index in [1.165, 1.54) is 6.92 Å². The van der Waals surface area contributed by atoms with Gasteiger partial charge in [0.2, 0.25) is 4.34 Å². The average Bonchev–Trinajstić information content (AvgIpc) is 3.15.